The molecule has 0 aliphatic carbocycles. The van der Waals surface area contributed by atoms with Gasteiger partial charge >= 0.3 is 0 Å². The second-order valence-electron chi connectivity index (χ2n) is 3.18. The van der Waals surface area contributed by atoms with Crippen LogP contribution in [0.25, 0.3) is 0 Å². The van der Waals surface area contributed by atoms with Gasteiger partial charge in [0.25, 0.3) is 0 Å². The number of aliphatic imine (C=N–C) groups is 2. The van der Waals surface area contributed by atoms with Crippen molar-refractivity contribution >= 4 is 12.2 Å². The molecule has 78 valence electrons. The van der Waals surface area contributed by atoms with Crippen molar-refractivity contribution in [1.29, 1.82) is 0 Å². The van der Waals surface area contributed by atoms with Gasteiger partial charge in [-0.2, -0.15) is 0 Å². The smallest absolute Gasteiger partial charge is 0.211 e. The van der Waals surface area contributed by atoms with E-state index in [9.17, 15) is 9.59 Å². The summed E-state index contributed by atoms with van der Waals surface area (Å²) in [5, 5.41) is 0. The molecule has 0 aromatic rings. The van der Waals surface area contributed by atoms with Crippen molar-refractivity contribution in [3.63, 3.8) is 0 Å². The van der Waals surface area contributed by atoms with Crippen molar-refractivity contribution in [3.8, 4) is 0 Å². The second kappa shape index (κ2) is 9.85. The van der Waals surface area contributed by atoms with Crippen molar-refractivity contribution in [3.05, 3.63) is 0 Å². The fraction of sp³-hybridized carbons (Fsp3) is 0.800. The molecule has 0 aliphatic rings. The monoisotopic (exact) mass is 196 g/mol. The standard InChI is InChI=1S/C10H16N2O2/c1-2-10(7-12-9-14)5-3-4-6-11-8-13/h10H,2-7H2,1H3. The molecule has 0 bridgehead atoms. The van der Waals surface area contributed by atoms with Crippen molar-refractivity contribution in [2.75, 3.05) is 13.1 Å². The summed E-state index contributed by atoms with van der Waals surface area (Å²) >= 11 is 0. The third kappa shape index (κ3) is 7.41. The molecule has 14 heavy (non-hydrogen) atoms. The van der Waals surface area contributed by atoms with Gasteiger partial charge < -0.3 is 0 Å². The SMILES string of the molecule is CCC(CCCCN=C=O)CN=C=O. The molecule has 0 amide bonds. The lowest BCUT2D eigenvalue weighted by atomic mass is 9.99. The number of hydrogen-bond acceptors (Lipinski definition) is 4. The topological polar surface area (TPSA) is 58.9 Å². The fourth-order valence-electron chi connectivity index (χ4n) is 1.26. The zero-order chi connectivity index (χ0) is 10.6. The minimum absolute atomic E-state index is 0.455. The number of rotatable bonds is 8. The van der Waals surface area contributed by atoms with Gasteiger partial charge in [-0.25, -0.2) is 19.6 Å². The molecule has 0 aromatic heterocycles. The molecule has 0 saturated carbocycles. The first kappa shape index (κ1) is 12.8. The van der Waals surface area contributed by atoms with Crippen LogP contribution < -0.4 is 0 Å². The summed E-state index contributed by atoms with van der Waals surface area (Å²) in [5.41, 5.74) is 0. The highest BCUT2D eigenvalue weighted by molar-refractivity contribution is 5.33. The fourth-order valence-corrected chi connectivity index (χ4v) is 1.26. The summed E-state index contributed by atoms with van der Waals surface area (Å²) in [4.78, 5) is 26.7. The first-order valence-corrected chi connectivity index (χ1v) is 4.92. The molecule has 0 aromatic carbocycles. The van der Waals surface area contributed by atoms with Crippen LogP contribution >= 0.6 is 0 Å². The number of carbonyl (C=O) groups excluding carboxylic acids is 2. The molecule has 0 heterocycles. The zero-order valence-electron chi connectivity index (χ0n) is 8.53. The van der Waals surface area contributed by atoms with E-state index in [2.05, 4.69) is 16.9 Å². The lowest BCUT2D eigenvalue weighted by Crippen LogP contribution is -2.03. The van der Waals surface area contributed by atoms with Crippen LogP contribution in [0.2, 0.25) is 0 Å². The Kier molecular flexibility index (Phi) is 8.97. The van der Waals surface area contributed by atoms with Crippen LogP contribution in [0.4, 0.5) is 0 Å². The van der Waals surface area contributed by atoms with Gasteiger partial charge in [0.2, 0.25) is 12.2 Å². The average Bonchev–Trinajstić information content (AvgIpc) is 2.22. The molecule has 0 rings (SSSR count). The van der Waals surface area contributed by atoms with Gasteiger partial charge in [-0.1, -0.05) is 19.8 Å². The molecule has 4 nitrogen and oxygen atoms in total. The Morgan fingerprint density at radius 2 is 1.86 bits per heavy atom. The van der Waals surface area contributed by atoms with Crippen molar-refractivity contribution < 1.29 is 9.59 Å². The maximum atomic E-state index is 9.89. The van der Waals surface area contributed by atoms with Gasteiger partial charge in [-0.15, -0.1) is 0 Å². The Balaban J connectivity index is 3.51. The third-order valence-electron chi connectivity index (χ3n) is 2.19. The van der Waals surface area contributed by atoms with Crippen LogP contribution in [-0.4, -0.2) is 25.2 Å². The summed E-state index contributed by atoms with van der Waals surface area (Å²) in [6.45, 7) is 3.20. The number of hydrogen-bond donors (Lipinski definition) is 0. The van der Waals surface area contributed by atoms with Crippen molar-refractivity contribution in [2.24, 2.45) is 15.9 Å². The summed E-state index contributed by atoms with van der Waals surface area (Å²) < 4.78 is 0. The number of unbranched alkanes of at least 4 members (excludes halogenated alkanes) is 1. The van der Waals surface area contributed by atoms with Crippen LogP contribution in [0.3, 0.4) is 0 Å². The molecule has 1 unspecified atom stereocenters. The Bertz CT molecular complexity index is 228. The number of nitrogens with zero attached hydrogens (tertiary/aromatic N) is 2. The summed E-state index contributed by atoms with van der Waals surface area (Å²) in [5.74, 6) is 0.455. The molecule has 0 saturated heterocycles. The van der Waals surface area contributed by atoms with Crippen LogP contribution in [0, 0.1) is 5.92 Å². The van der Waals surface area contributed by atoms with Gasteiger partial charge in [0.05, 0.1) is 13.1 Å². The highest BCUT2D eigenvalue weighted by atomic mass is 16.1. The van der Waals surface area contributed by atoms with Crippen molar-refractivity contribution in [2.45, 2.75) is 32.6 Å². The van der Waals surface area contributed by atoms with Crippen LogP contribution in [0.1, 0.15) is 32.6 Å². The van der Waals surface area contributed by atoms with E-state index >= 15 is 0 Å². The third-order valence-corrected chi connectivity index (χ3v) is 2.19. The summed E-state index contributed by atoms with van der Waals surface area (Å²) in [6, 6.07) is 0. The Morgan fingerprint density at radius 1 is 1.14 bits per heavy atom. The molecule has 1 atom stereocenters. The molecule has 0 N–H and O–H groups in total. The lowest BCUT2D eigenvalue weighted by molar-refractivity contribution is 0.456. The minimum Gasteiger partial charge on any atom is -0.211 e. The molecular weight excluding hydrogens is 180 g/mol. The first-order chi connectivity index (χ1) is 6.85. The molecule has 4 heteroatoms. The number of isocyanates is 2. The largest absolute Gasteiger partial charge is 0.234 e. The summed E-state index contributed by atoms with van der Waals surface area (Å²) in [6.07, 6.45) is 7.01. The molecule has 0 aliphatic heterocycles. The van der Waals surface area contributed by atoms with Crippen LogP contribution in [0.5, 0.6) is 0 Å². The maximum Gasteiger partial charge on any atom is 0.234 e. The Labute approximate surface area is 84.1 Å². The minimum atomic E-state index is 0.455. The van der Waals surface area contributed by atoms with Crippen LogP contribution in [0.15, 0.2) is 9.98 Å². The Hall–Kier alpha value is -1.24. The molecule has 0 spiro atoms. The second-order valence-corrected chi connectivity index (χ2v) is 3.18. The molecule has 0 radical (unpaired) electrons. The van der Waals surface area contributed by atoms with Gasteiger partial charge in [-0.05, 0) is 18.8 Å². The molecule has 0 fully saturated rings. The predicted molar refractivity (Wildman–Crippen MR) is 53.6 cm³/mol. The summed E-state index contributed by atoms with van der Waals surface area (Å²) in [7, 11) is 0. The van der Waals surface area contributed by atoms with E-state index in [-0.39, 0.29) is 0 Å². The zero-order valence-corrected chi connectivity index (χ0v) is 8.53. The normalized spacial score (nSPS) is 11.2. The van der Waals surface area contributed by atoms with E-state index in [0.717, 1.165) is 25.7 Å². The van der Waals surface area contributed by atoms with Crippen molar-refractivity contribution in [1.82, 2.24) is 0 Å². The lowest BCUT2D eigenvalue weighted by Gasteiger charge is -2.09. The highest BCUT2D eigenvalue weighted by Gasteiger charge is 2.04. The average molecular weight is 196 g/mol. The van der Waals surface area contributed by atoms with E-state index in [4.69, 9.17) is 0 Å². The predicted octanol–water partition coefficient (Wildman–Crippen LogP) is 1.85. The molecular formula is C10H16N2O2. The van der Waals surface area contributed by atoms with E-state index in [0.29, 0.717) is 19.0 Å². The van der Waals surface area contributed by atoms with Crippen LogP contribution in [-0.2, 0) is 9.59 Å². The van der Waals surface area contributed by atoms with Gasteiger partial charge in [0, 0.05) is 0 Å². The van der Waals surface area contributed by atoms with Gasteiger partial charge in [0.15, 0.2) is 0 Å². The Morgan fingerprint density at radius 3 is 2.43 bits per heavy atom. The van der Waals surface area contributed by atoms with E-state index in [1.54, 1.807) is 6.08 Å². The quantitative estimate of drug-likeness (QED) is 0.338. The van der Waals surface area contributed by atoms with Gasteiger partial charge in [0.1, 0.15) is 0 Å². The first-order valence-electron chi connectivity index (χ1n) is 4.92. The van der Waals surface area contributed by atoms with E-state index in [1.165, 1.54) is 6.08 Å². The maximum absolute atomic E-state index is 9.89. The van der Waals surface area contributed by atoms with Gasteiger partial charge in [-0.3, -0.25) is 0 Å². The highest BCUT2D eigenvalue weighted by Crippen LogP contribution is 2.12. The van der Waals surface area contributed by atoms with E-state index in [1.807, 2.05) is 0 Å². The van der Waals surface area contributed by atoms with E-state index < -0.39 is 0 Å².